The number of rotatable bonds is 6. The number of anilines is 1. The molecular weight excluding hydrogens is 368 g/mol. The molecule has 2 aromatic rings. The van der Waals surface area contributed by atoms with Crippen LogP contribution in [0.2, 0.25) is 0 Å². The molecular formula is C19H22N2O3S2. The summed E-state index contributed by atoms with van der Waals surface area (Å²) in [7, 11) is -3.31. The third-order valence-electron chi connectivity index (χ3n) is 4.25. The third-order valence-corrected chi connectivity index (χ3v) is 6.54. The number of nitrogens with zero attached hydrogens (tertiary/aromatic N) is 1. The zero-order chi connectivity index (χ0) is 18.7. The van der Waals surface area contributed by atoms with Crippen LogP contribution in [0.1, 0.15) is 22.8 Å². The first-order chi connectivity index (χ1) is 12.4. The monoisotopic (exact) mass is 390 g/mol. The Morgan fingerprint density at radius 3 is 2.65 bits per heavy atom. The fourth-order valence-electron chi connectivity index (χ4n) is 3.20. The highest BCUT2D eigenvalue weighted by Gasteiger charge is 2.32. The predicted molar refractivity (Wildman–Crippen MR) is 106 cm³/mol. The van der Waals surface area contributed by atoms with Gasteiger partial charge in [-0.05, 0) is 49.2 Å². The number of hydrogen-bond donors (Lipinski definition) is 1. The number of carbonyl (C=O) groups excluding carboxylic acids is 1. The van der Waals surface area contributed by atoms with Crippen LogP contribution >= 0.6 is 11.8 Å². The van der Waals surface area contributed by atoms with Crippen LogP contribution in [0.4, 0.5) is 5.69 Å². The molecule has 0 fully saturated rings. The Labute approximate surface area is 158 Å². The van der Waals surface area contributed by atoms with Crippen molar-refractivity contribution in [2.45, 2.75) is 24.3 Å². The molecule has 2 aromatic carbocycles. The fourth-order valence-corrected chi connectivity index (χ4v) is 5.25. The van der Waals surface area contributed by atoms with E-state index in [1.54, 1.807) is 30.0 Å². The molecule has 1 atom stereocenters. The Bertz CT molecular complexity index is 898. The smallest absolute Gasteiger partial charge is 0.251 e. The van der Waals surface area contributed by atoms with Crippen molar-refractivity contribution in [2.24, 2.45) is 0 Å². The minimum absolute atomic E-state index is 0.124. The van der Waals surface area contributed by atoms with Gasteiger partial charge in [-0.3, -0.25) is 9.10 Å². The fraction of sp³-hybridized carbons (Fsp3) is 0.316. The molecule has 0 radical (unpaired) electrons. The highest BCUT2D eigenvalue weighted by Crippen LogP contribution is 2.34. The summed E-state index contributed by atoms with van der Waals surface area (Å²) in [5.41, 5.74) is 2.14. The lowest BCUT2D eigenvalue weighted by Crippen LogP contribution is -2.34. The summed E-state index contributed by atoms with van der Waals surface area (Å²) >= 11 is 1.69. The maximum absolute atomic E-state index is 12.4. The van der Waals surface area contributed by atoms with Crippen LogP contribution < -0.4 is 9.62 Å². The summed E-state index contributed by atoms with van der Waals surface area (Å²) in [6.07, 6.45) is 1.83. The molecule has 7 heteroatoms. The number of thioether (sulfide) groups is 1. The zero-order valence-electron chi connectivity index (χ0n) is 14.8. The lowest BCUT2D eigenvalue weighted by atomic mass is 10.1. The largest absolute Gasteiger partial charge is 0.351 e. The molecule has 138 valence electrons. The van der Waals surface area contributed by atoms with Crippen LogP contribution in [-0.2, 0) is 16.4 Å². The molecule has 0 bridgehead atoms. The Balaban J connectivity index is 1.60. The van der Waals surface area contributed by atoms with Gasteiger partial charge in [0, 0.05) is 28.8 Å². The quantitative estimate of drug-likeness (QED) is 0.608. The second-order valence-electron chi connectivity index (χ2n) is 6.37. The Morgan fingerprint density at radius 2 is 1.96 bits per heavy atom. The van der Waals surface area contributed by atoms with Gasteiger partial charge in [0.05, 0.1) is 11.9 Å². The standard InChI is InChI=1S/C19H22N2O3S2/c1-14-12-16-13-15(8-9-18(16)21(14)26(2,23)24)19(22)20-10-11-25-17-6-4-3-5-7-17/h3-9,13-14H,10-12H2,1-2H3,(H,20,22). The number of fused-ring (bicyclic) bond motifs is 1. The van der Waals surface area contributed by atoms with Crippen molar-refractivity contribution < 1.29 is 13.2 Å². The summed E-state index contributed by atoms with van der Waals surface area (Å²) in [4.78, 5) is 13.5. The molecule has 1 aliphatic rings. The molecule has 1 amide bonds. The molecule has 0 aliphatic carbocycles. The number of hydrogen-bond acceptors (Lipinski definition) is 4. The van der Waals surface area contributed by atoms with E-state index in [1.165, 1.54) is 15.5 Å². The highest BCUT2D eigenvalue weighted by molar-refractivity contribution is 7.99. The summed E-state index contributed by atoms with van der Waals surface area (Å²) in [6, 6.07) is 15.1. The van der Waals surface area contributed by atoms with E-state index in [-0.39, 0.29) is 11.9 Å². The minimum Gasteiger partial charge on any atom is -0.351 e. The Kier molecular flexibility index (Phi) is 5.58. The van der Waals surface area contributed by atoms with E-state index in [0.29, 0.717) is 24.2 Å². The van der Waals surface area contributed by atoms with Crippen LogP contribution in [0, 0.1) is 0 Å². The van der Waals surface area contributed by atoms with Gasteiger partial charge in [-0.2, -0.15) is 0 Å². The van der Waals surface area contributed by atoms with Crippen LogP contribution in [-0.4, -0.2) is 38.9 Å². The summed E-state index contributed by atoms with van der Waals surface area (Å²) in [5, 5.41) is 2.92. The first-order valence-corrected chi connectivity index (χ1v) is 11.3. The molecule has 5 nitrogen and oxygen atoms in total. The van der Waals surface area contributed by atoms with Gasteiger partial charge in [-0.25, -0.2) is 8.42 Å². The second-order valence-corrected chi connectivity index (χ2v) is 9.40. The van der Waals surface area contributed by atoms with Gasteiger partial charge in [-0.15, -0.1) is 11.8 Å². The molecule has 1 unspecified atom stereocenters. The lowest BCUT2D eigenvalue weighted by molar-refractivity contribution is 0.0956. The van der Waals surface area contributed by atoms with E-state index in [0.717, 1.165) is 11.3 Å². The van der Waals surface area contributed by atoms with Gasteiger partial charge in [0.25, 0.3) is 5.91 Å². The number of sulfonamides is 1. The molecule has 0 saturated heterocycles. The second kappa shape index (κ2) is 7.72. The molecule has 26 heavy (non-hydrogen) atoms. The van der Waals surface area contributed by atoms with E-state index in [2.05, 4.69) is 5.32 Å². The van der Waals surface area contributed by atoms with Crippen LogP contribution in [0.3, 0.4) is 0 Å². The van der Waals surface area contributed by atoms with Crippen LogP contribution in [0.25, 0.3) is 0 Å². The first kappa shape index (κ1) is 18.8. The average molecular weight is 391 g/mol. The highest BCUT2D eigenvalue weighted by atomic mass is 32.2. The maximum atomic E-state index is 12.4. The van der Waals surface area contributed by atoms with Crippen LogP contribution in [0.15, 0.2) is 53.4 Å². The molecule has 0 saturated carbocycles. The molecule has 1 N–H and O–H groups in total. The van der Waals surface area contributed by atoms with E-state index in [4.69, 9.17) is 0 Å². The van der Waals surface area contributed by atoms with Crippen molar-refractivity contribution >= 4 is 33.4 Å². The molecule has 3 rings (SSSR count). The number of nitrogens with one attached hydrogen (secondary N) is 1. The summed E-state index contributed by atoms with van der Waals surface area (Å²) in [5.74, 6) is 0.659. The third kappa shape index (κ3) is 4.22. The Hall–Kier alpha value is -1.99. The normalized spacial score (nSPS) is 16.4. The summed E-state index contributed by atoms with van der Waals surface area (Å²) < 4.78 is 25.4. The first-order valence-electron chi connectivity index (χ1n) is 8.44. The zero-order valence-corrected chi connectivity index (χ0v) is 16.4. The van der Waals surface area contributed by atoms with Gasteiger partial charge in [0.15, 0.2) is 0 Å². The number of carbonyl (C=O) groups is 1. The number of benzene rings is 2. The van der Waals surface area contributed by atoms with Gasteiger partial charge in [0.1, 0.15) is 0 Å². The van der Waals surface area contributed by atoms with Gasteiger partial charge >= 0.3 is 0 Å². The SMILES string of the molecule is CC1Cc2cc(C(=O)NCCSc3ccccc3)ccc2N1S(C)(=O)=O. The van der Waals surface area contributed by atoms with Crippen molar-refractivity contribution in [3.8, 4) is 0 Å². The van der Waals surface area contributed by atoms with Crippen molar-refractivity contribution in [3.05, 3.63) is 59.7 Å². The van der Waals surface area contributed by atoms with Crippen molar-refractivity contribution in [3.63, 3.8) is 0 Å². The van der Waals surface area contributed by atoms with Crippen molar-refractivity contribution in [1.82, 2.24) is 5.32 Å². The van der Waals surface area contributed by atoms with E-state index >= 15 is 0 Å². The van der Waals surface area contributed by atoms with Crippen LogP contribution in [0.5, 0.6) is 0 Å². The van der Waals surface area contributed by atoms with E-state index in [1.807, 2.05) is 37.3 Å². The molecule has 0 spiro atoms. The number of amides is 1. The lowest BCUT2D eigenvalue weighted by Gasteiger charge is -2.21. The molecule has 1 aliphatic heterocycles. The van der Waals surface area contributed by atoms with E-state index in [9.17, 15) is 13.2 Å². The van der Waals surface area contributed by atoms with Crippen molar-refractivity contribution in [2.75, 3.05) is 22.9 Å². The van der Waals surface area contributed by atoms with Gasteiger partial charge in [-0.1, -0.05) is 18.2 Å². The average Bonchev–Trinajstić information content (AvgIpc) is 2.94. The Morgan fingerprint density at radius 1 is 1.23 bits per heavy atom. The maximum Gasteiger partial charge on any atom is 0.251 e. The summed E-state index contributed by atoms with van der Waals surface area (Å²) in [6.45, 7) is 2.45. The van der Waals surface area contributed by atoms with Gasteiger partial charge < -0.3 is 5.32 Å². The topological polar surface area (TPSA) is 66.5 Å². The molecule has 1 heterocycles. The van der Waals surface area contributed by atoms with E-state index < -0.39 is 10.0 Å². The predicted octanol–water partition coefficient (Wildman–Crippen LogP) is 2.92. The molecule has 0 aromatic heterocycles. The van der Waals surface area contributed by atoms with Crippen molar-refractivity contribution in [1.29, 1.82) is 0 Å². The van der Waals surface area contributed by atoms with Gasteiger partial charge in [0.2, 0.25) is 10.0 Å². The minimum atomic E-state index is -3.31.